The Morgan fingerprint density at radius 1 is 0.273 bits per heavy atom. The van der Waals surface area contributed by atoms with Crippen LogP contribution in [0.15, 0.2) is 214 Å². The molecule has 12 nitrogen and oxygen atoms in total. The molecule has 0 N–H and O–H groups in total. The van der Waals surface area contributed by atoms with Gasteiger partial charge in [-0.15, -0.1) is 18.3 Å². The van der Waals surface area contributed by atoms with Crippen LogP contribution in [0.5, 0.6) is 23.0 Å². The van der Waals surface area contributed by atoms with Gasteiger partial charge in [0.05, 0.1) is 72.9 Å². The molecule has 0 radical (unpaired) electrons. The van der Waals surface area contributed by atoms with Crippen molar-refractivity contribution in [2.24, 2.45) is 20.0 Å². The van der Waals surface area contributed by atoms with E-state index in [1.807, 2.05) is 125 Å². The first kappa shape index (κ1) is 48.3. The number of amidine groups is 8. The number of hydrogen-bond acceptors (Lipinski definition) is 8. The molecule has 8 aromatic carbocycles. The standard InChI is InChI=1S/C33H16N8.4C8H10O/c1-2-10-18-17(9-1)25-34-27-19-11-3-4-12-20(19)29-36-31-23-15-7-8-16-24(23)32-37-30-22-14-6-5-13-21(22)28-35-26(18)38(25)33(39(27)29,40(28)30)41(31)32;4*1-7-4-3-5-8(6-7)9-2/h1-16H;4*3-6H,1-2H3/q+4;;;;. The van der Waals surface area contributed by atoms with E-state index in [0.717, 1.165) is 114 Å². The highest BCUT2D eigenvalue weighted by molar-refractivity contribution is 6.30. The molecular weight excluding hydrogens is 957 g/mol. The van der Waals surface area contributed by atoms with Crippen molar-refractivity contribution in [3.8, 4) is 23.0 Å². The third-order valence-corrected chi connectivity index (χ3v) is 14.3. The number of benzene rings is 8. The largest absolute Gasteiger partial charge is 0.497 e. The van der Waals surface area contributed by atoms with Crippen LogP contribution < -0.4 is 18.9 Å². The zero-order chi connectivity index (χ0) is 53.0. The maximum atomic E-state index is 5.42. The van der Waals surface area contributed by atoms with Crippen LogP contribution in [-0.4, -0.2) is 99.3 Å². The zero-order valence-electron chi connectivity index (χ0n) is 44.2. The molecule has 12 heteroatoms. The second kappa shape index (κ2) is 19.5. The highest BCUT2D eigenvalue weighted by Crippen LogP contribution is 2.46. The number of rotatable bonds is 4. The number of aliphatic imine (C=N–C) groups is 4. The molecule has 8 aliphatic rings. The van der Waals surface area contributed by atoms with E-state index in [1.54, 1.807) is 28.4 Å². The lowest BCUT2D eigenvalue weighted by molar-refractivity contribution is -1.06. The van der Waals surface area contributed by atoms with Gasteiger partial charge in [-0.2, -0.15) is 0 Å². The van der Waals surface area contributed by atoms with E-state index >= 15 is 0 Å². The van der Waals surface area contributed by atoms with Crippen molar-refractivity contribution in [3.63, 3.8) is 0 Å². The smallest absolute Gasteiger partial charge is 0.491 e. The van der Waals surface area contributed by atoms with Crippen LogP contribution in [0, 0.1) is 27.7 Å². The molecule has 8 heterocycles. The number of hydrogen-bond donors (Lipinski definition) is 0. The van der Waals surface area contributed by atoms with E-state index in [9.17, 15) is 0 Å². The molecule has 0 saturated heterocycles. The number of aryl methyl sites for hydroxylation is 4. The molecule has 0 fully saturated rings. The summed E-state index contributed by atoms with van der Waals surface area (Å²) in [6.45, 7) is 8.18. The average molecular weight is 1010 g/mol. The molecule has 0 saturated carbocycles. The molecule has 0 aromatic heterocycles. The van der Waals surface area contributed by atoms with Crippen molar-refractivity contribution < 1.29 is 37.2 Å². The molecule has 16 rings (SSSR count). The van der Waals surface area contributed by atoms with Gasteiger partial charge in [0, 0.05) is 0 Å². The number of methoxy groups -OCH3 is 4. The molecule has 0 aliphatic carbocycles. The van der Waals surface area contributed by atoms with Crippen LogP contribution in [0.25, 0.3) is 0 Å². The van der Waals surface area contributed by atoms with Crippen LogP contribution in [0.2, 0.25) is 0 Å². The van der Waals surface area contributed by atoms with Crippen LogP contribution in [0.3, 0.4) is 0 Å². The summed E-state index contributed by atoms with van der Waals surface area (Å²) < 4.78 is 29.3. The second-order valence-corrected chi connectivity index (χ2v) is 19.2. The summed E-state index contributed by atoms with van der Waals surface area (Å²) in [5.41, 5.74) is 13.6. The summed E-state index contributed by atoms with van der Waals surface area (Å²) >= 11 is 0. The highest BCUT2D eigenvalue weighted by atomic mass is 16.5. The van der Waals surface area contributed by atoms with Gasteiger partial charge in [0.25, 0.3) is 46.7 Å². The molecule has 0 unspecified atom stereocenters. The normalized spacial score (nSPS) is 15.5. The van der Waals surface area contributed by atoms with Crippen LogP contribution >= 0.6 is 0 Å². The van der Waals surface area contributed by atoms with Gasteiger partial charge >= 0.3 is 5.91 Å². The lowest BCUT2D eigenvalue weighted by atomic mass is 10.1. The Balaban J connectivity index is 0.000000134. The molecule has 8 aromatic rings. The number of fused-ring (bicyclic) bond motifs is 12. The SMILES string of the molecule is COc1cccc(C)c1.COc1cccc(C)c1.COc1cccc(C)c1.COc1cccc(C)c1.c1ccc2c(c1)C1=NC3=[N+]4C(=NC5=[N+]6C(=NC7=[N+]8C(=NC2=[N+]1C846)c1ccccc17)c1ccccc15)c1ccccc13. The summed E-state index contributed by atoms with van der Waals surface area (Å²) in [6, 6.07) is 65.8. The zero-order valence-corrected chi connectivity index (χ0v) is 44.2. The number of nitrogens with zero attached hydrogens (tertiary/aromatic N) is 8. The molecular formula is C65H56N8O4+4. The van der Waals surface area contributed by atoms with Crippen molar-refractivity contribution >= 4 is 46.7 Å². The van der Waals surface area contributed by atoms with Gasteiger partial charge in [-0.25, -0.2) is 0 Å². The van der Waals surface area contributed by atoms with E-state index in [-0.39, 0.29) is 0 Å². The van der Waals surface area contributed by atoms with Gasteiger partial charge in [0.15, 0.2) is 0 Å². The monoisotopic (exact) mass is 1010 g/mol. The van der Waals surface area contributed by atoms with Crippen molar-refractivity contribution in [2.45, 2.75) is 33.6 Å². The average Bonchev–Trinajstić information content (AvgIpc) is 3.28. The molecule has 0 bridgehead atoms. The first-order valence-electron chi connectivity index (χ1n) is 25.5. The minimum absolute atomic E-state index is 0.898. The fourth-order valence-corrected chi connectivity index (χ4v) is 10.8. The molecule has 0 atom stereocenters. The fourth-order valence-electron chi connectivity index (χ4n) is 10.8. The van der Waals surface area contributed by atoms with Gasteiger partial charge < -0.3 is 18.9 Å². The Morgan fingerprint density at radius 3 is 0.662 bits per heavy atom. The summed E-state index contributed by atoms with van der Waals surface area (Å²) in [4.78, 5) is 21.7. The quantitative estimate of drug-likeness (QED) is 0.164. The predicted octanol–water partition coefficient (Wildman–Crippen LogP) is 10.5. The predicted molar refractivity (Wildman–Crippen MR) is 303 cm³/mol. The third kappa shape index (κ3) is 7.90. The van der Waals surface area contributed by atoms with Crippen molar-refractivity contribution in [1.82, 2.24) is 0 Å². The Labute approximate surface area is 447 Å². The van der Waals surface area contributed by atoms with Gasteiger partial charge in [-0.1, -0.05) is 117 Å². The van der Waals surface area contributed by atoms with Crippen molar-refractivity contribution in [3.05, 3.63) is 261 Å². The van der Waals surface area contributed by atoms with E-state index in [4.69, 9.17) is 38.9 Å². The Kier molecular flexibility index (Phi) is 12.3. The molecule has 8 aliphatic heterocycles. The topological polar surface area (TPSA) is 98.4 Å². The maximum Gasteiger partial charge on any atom is 0.491 e. The van der Waals surface area contributed by atoms with E-state index in [2.05, 4.69) is 115 Å². The lowest BCUT2D eigenvalue weighted by Crippen LogP contribution is -2.76. The van der Waals surface area contributed by atoms with Gasteiger partial charge in [0.2, 0.25) is 0 Å². The molecule has 376 valence electrons. The molecule has 1 spiro atoms. The van der Waals surface area contributed by atoms with E-state index < -0.39 is 5.91 Å². The Hall–Kier alpha value is -9.68. The molecule has 0 amide bonds. The van der Waals surface area contributed by atoms with Gasteiger partial charge in [0.1, 0.15) is 23.0 Å². The van der Waals surface area contributed by atoms with Gasteiger partial charge in [-0.3, -0.25) is 0 Å². The lowest BCUT2D eigenvalue weighted by Gasteiger charge is -2.38. The first-order valence-corrected chi connectivity index (χ1v) is 25.5. The Bertz CT molecular complexity index is 3520. The van der Waals surface area contributed by atoms with Crippen molar-refractivity contribution in [2.75, 3.05) is 28.4 Å². The van der Waals surface area contributed by atoms with E-state index in [1.165, 1.54) is 22.3 Å². The summed E-state index contributed by atoms with van der Waals surface area (Å²) in [5.74, 6) is 9.96. The van der Waals surface area contributed by atoms with Crippen LogP contribution in [0.1, 0.15) is 66.8 Å². The maximum absolute atomic E-state index is 5.42. The van der Waals surface area contributed by atoms with E-state index in [0.29, 0.717) is 0 Å². The summed E-state index contributed by atoms with van der Waals surface area (Å²) in [6.07, 6.45) is 0. The first-order chi connectivity index (χ1) is 37.7. The van der Waals surface area contributed by atoms with Crippen molar-refractivity contribution in [1.29, 1.82) is 0 Å². The minimum atomic E-state index is -0.923. The third-order valence-electron chi connectivity index (χ3n) is 14.3. The summed E-state index contributed by atoms with van der Waals surface area (Å²) in [5, 5.41) is 0. The number of ether oxygens (including phenoxy) is 4. The van der Waals surface area contributed by atoms with Crippen LogP contribution in [-0.2, 0) is 0 Å². The van der Waals surface area contributed by atoms with Gasteiger partial charge in [-0.05, 0) is 147 Å². The minimum Gasteiger partial charge on any atom is -0.497 e. The fraction of sp³-hybridized carbons (Fsp3) is 0.138. The Morgan fingerprint density at radius 2 is 0.481 bits per heavy atom. The second-order valence-electron chi connectivity index (χ2n) is 19.2. The molecule has 77 heavy (non-hydrogen) atoms. The van der Waals surface area contributed by atoms with Crippen LogP contribution in [0.4, 0.5) is 0 Å². The summed E-state index contributed by atoms with van der Waals surface area (Å²) in [7, 11) is 6.70. The highest BCUT2D eigenvalue weighted by Gasteiger charge is 2.77.